The molecule has 2 rings (SSSR count). The fourth-order valence-electron chi connectivity index (χ4n) is 3.22. The second kappa shape index (κ2) is 5.91. The molecule has 2 saturated heterocycles. The van der Waals surface area contributed by atoms with Crippen LogP contribution in [-0.2, 0) is 4.74 Å². The van der Waals surface area contributed by atoms with Crippen molar-refractivity contribution in [3.63, 3.8) is 0 Å². The molecular formula is C13H26N2OS. The molecule has 0 radical (unpaired) electrons. The molecule has 2 heterocycles. The number of hydrogen-bond donors (Lipinski definition) is 1. The molecular weight excluding hydrogens is 232 g/mol. The molecule has 0 aromatic carbocycles. The van der Waals surface area contributed by atoms with Gasteiger partial charge >= 0.3 is 0 Å². The molecule has 0 amide bonds. The van der Waals surface area contributed by atoms with Crippen LogP contribution in [0.3, 0.4) is 0 Å². The Morgan fingerprint density at radius 2 is 2.35 bits per heavy atom. The first kappa shape index (κ1) is 13.7. The summed E-state index contributed by atoms with van der Waals surface area (Å²) in [6, 6.07) is 0. The van der Waals surface area contributed by atoms with Crippen molar-refractivity contribution in [2.24, 2.45) is 11.7 Å². The average Bonchev–Trinajstić information content (AvgIpc) is 2.73. The zero-order valence-corrected chi connectivity index (χ0v) is 12.0. The predicted octanol–water partition coefficient (Wildman–Crippen LogP) is 1.57. The van der Waals surface area contributed by atoms with Crippen LogP contribution in [-0.4, -0.2) is 54.8 Å². The first-order chi connectivity index (χ1) is 8.19. The third-order valence-corrected chi connectivity index (χ3v) is 5.94. The SMILES string of the molecule is CC1SCCC1(CN)N(C)CC1CCCOC1. The summed E-state index contributed by atoms with van der Waals surface area (Å²) in [6.45, 7) is 6.15. The molecule has 0 aliphatic carbocycles. The standard InChI is InChI=1S/C13H26N2OS/c1-11-13(10-14,5-7-17-11)15(2)8-12-4-3-6-16-9-12/h11-12H,3-10,14H2,1-2H3. The fraction of sp³-hybridized carbons (Fsp3) is 1.00. The van der Waals surface area contributed by atoms with Crippen LogP contribution in [0.15, 0.2) is 0 Å². The van der Waals surface area contributed by atoms with Crippen LogP contribution in [0.5, 0.6) is 0 Å². The van der Waals surface area contributed by atoms with E-state index in [0.717, 1.165) is 26.3 Å². The van der Waals surface area contributed by atoms with Gasteiger partial charge in [0.25, 0.3) is 0 Å². The normalized spacial score (nSPS) is 38.8. The van der Waals surface area contributed by atoms with Crippen LogP contribution >= 0.6 is 11.8 Å². The Morgan fingerprint density at radius 1 is 1.53 bits per heavy atom. The van der Waals surface area contributed by atoms with Gasteiger partial charge in [-0.25, -0.2) is 0 Å². The van der Waals surface area contributed by atoms with Crippen molar-refractivity contribution in [1.29, 1.82) is 0 Å². The van der Waals surface area contributed by atoms with Gasteiger partial charge in [0, 0.05) is 30.5 Å². The molecule has 0 bridgehead atoms. The molecule has 3 atom stereocenters. The highest BCUT2D eigenvalue weighted by molar-refractivity contribution is 8.00. The highest BCUT2D eigenvalue weighted by Gasteiger charge is 2.43. The van der Waals surface area contributed by atoms with Gasteiger partial charge in [0.2, 0.25) is 0 Å². The largest absolute Gasteiger partial charge is 0.381 e. The second-order valence-electron chi connectivity index (χ2n) is 5.53. The molecule has 2 aliphatic heterocycles. The van der Waals surface area contributed by atoms with E-state index in [2.05, 4.69) is 30.6 Å². The van der Waals surface area contributed by atoms with Crippen LogP contribution in [0.25, 0.3) is 0 Å². The summed E-state index contributed by atoms with van der Waals surface area (Å²) in [4.78, 5) is 2.52. The van der Waals surface area contributed by atoms with Gasteiger partial charge in [0.1, 0.15) is 0 Å². The zero-order chi connectivity index (χ0) is 12.3. The maximum absolute atomic E-state index is 6.08. The Labute approximate surface area is 109 Å². The van der Waals surface area contributed by atoms with Crippen molar-refractivity contribution in [1.82, 2.24) is 4.90 Å². The Bertz CT molecular complexity index is 246. The first-order valence-corrected chi connectivity index (χ1v) is 7.84. The lowest BCUT2D eigenvalue weighted by atomic mass is 9.89. The Kier molecular flexibility index (Phi) is 4.75. The van der Waals surface area contributed by atoms with Crippen molar-refractivity contribution in [3.05, 3.63) is 0 Å². The van der Waals surface area contributed by atoms with Crippen molar-refractivity contribution in [2.45, 2.75) is 37.0 Å². The Morgan fingerprint density at radius 3 is 2.88 bits per heavy atom. The van der Waals surface area contributed by atoms with Gasteiger partial charge in [-0.3, -0.25) is 4.90 Å². The highest BCUT2D eigenvalue weighted by Crippen LogP contribution is 2.39. The number of nitrogens with two attached hydrogens (primary N) is 1. The van der Waals surface area contributed by atoms with Crippen LogP contribution in [0.2, 0.25) is 0 Å². The summed E-state index contributed by atoms with van der Waals surface area (Å²) < 4.78 is 5.58. The molecule has 2 aliphatic rings. The second-order valence-corrected chi connectivity index (χ2v) is 6.98. The summed E-state index contributed by atoms with van der Waals surface area (Å²) in [5.41, 5.74) is 6.30. The average molecular weight is 258 g/mol. The zero-order valence-electron chi connectivity index (χ0n) is 11.2. The van der Waals surface area contributed by atoms with Crippen LogP contribution in [0.1, 0.15) is 26.2 Å². The quantitative estimate of drug-likeness (QED) is 0.831. The molecule has 2 fully saturated rings. The monoisotopic (exact) mass is 258 g/mol. The van der Waals surface area contributed by atoms with Crippen molar-refractivity contribution >= 4 is 11.8 Å². The minimum Gasteiger partial charge on any atom is -0.381 e. The molecule has 4 heteroatoms. The molecule has 17 heavy (non-hydrogen) atoms. The lowest BCUT2D eigenvalue weighted by Gasteiger charge is -2.43. The van der Waals surface area contributed by atoms with Gasteiger partial charge in [0.15, 0.2) is 0 Å². The fourth-order valence-corrected chi connectivity index (χ4v) is 4.75. The lowest BCUT2D eigenvalue weighted by Crippen LogP contribution is -2.57. The molecule has 0 aromatic heterocycles. The summed E-state index contributed by atoms with van der Waals surface area (Å²) in [5, 5.41) is 0.655. The van der Waals surface area contributed by atoms with Crippen molar-refractivity contribution < 1.29 is 4.74 Å². The van der Waals surface area contributed by atoms with Crippen molar-refractivity contribution in [2.75, 3.05) is 39.1 Å². The third-order valence-electron chi connectivity index (χ3n) is 4.56. The number of hydrogen-bond acceptors (Lipinski definition) is 4. The smallest absolute Gasteiger partial charge is 0.0506 e. The first-order valence-electron chi connectivity index (χ1n) is 6.79. The van der Waals surface area contributed by atoms with Gasteiger partial charge in [0.05, 0.1) is 6.61 Å². The van der Waals surface area contributed by atoms with E-state index in [9.17, 15) is 0 Å². The van der Waals surface area contributed by atoms with Crippen LogP contribution in [0, 0.1) is 5.92 Å². The van der Waals surface area contributed by atoms with E-state index in [1.165, 1.54) is 25.0 Å². The molecule has 3 unspecified atom stereocenters. The number of likely N-dealkylation sites (N-methyl/N-ethyl adjacent to an activating group) is 1. The molecule has 100 valence electrons. The van der Waals surface area contributed by atoms with Crippen LogP contribution in [0.4, 0.5) is 0 Å². The molecule has 3 nitrogen and oxygen atoms in total. The van der Waals surface area contributed by atoms with Gasteiger partial charge in [-0.2, -0.15) is 11.8 Å². The minimum atomic E-state index is 0.224. The third kappa shape index (κ3) is 2.80. The van der Waals surface area contributed by atoms with Gasteiger partial charge in [-0.05, 0) is 38.0 Å². The summed E-state index contributed by atoms with van der Waals surface area (Å²) in [5.74, 6) is 1.96. The van der Waals surface area contributed by atoms with Gasteiger partial charge in [-0.15, -0.1) is 0 Å². The maximum atomic E-state index is 6.08. The molecule has 2 N–H and O–H groups in total. The van der Waals surface area contributed by atoms with Crippen LogP contribution < -0.4 is 5.73 Å². The van der Waals surface area contributed by atoms with E-state index < -0.39 is 0 Å². The van der Waals surface area contributed by atoms with Gasteiger partial charge < -0.3 is 10.5 Å². The Hall–Kier alpha value is 0.230. The van der Waals surface area contributed by atoms with E-state index in [0.29, 0.717) is 11.2 Å². The van der Waals surface area contributed by atoms with Gasteiger partial charge in [-0.1, -0.05) is 6.92 Å². The topological polar surface area (TPSA) is 38.5 Å². The summed E-state index contributed by atoms with van der Waals surface area (Å²) in [7, 11) is 2.25. The van der Waals surface area contributed by atoms with E-state index in [4.69, 9.17) is 10.5 Å². The van der Waals surface area contributed by atoms with E-state index in [1.807, 2.05) is 0 Å². The summed E-state index contributed by atoms with van der Waals surface area (Å²) >= 11 is 2.07. The minimum absolute atomic E-state index is 0.224. The van der Waals surface area contributed by atoms with E-state index in [1.54, 1.807) is 0 Å². The highest BCUT2D eigenvalue weighted by atomic mass is 32.2. The Balaban J connectivity index is 1.94. The number of rotatable bonds is 4. The molecule has 0 spiro atoms. The van der Waals surface area contributed by atoms with E-state index in [-0.39, 0.29) is 5.54 Å². The summed E-state index contributed by atoms with van der Waals surface area (Å²) in [6.07, 6.45) is 3.77. The molecule has 0 aromatic rings. The van der Waals surface area contributed by atoms with E-state index >= 15 is 0 Å². The lowest BCUT2D eigenvalue weighted by molar-refractivity contribution is 0.0213. The number of nitrogens with zero attached hydrogens (tertiary/aromatic N) is 1. The maximum Gasteiger partial charge on any atom is 0.0506 e. The molecule has 0 saturated carbocycles. The predicted molar refractivity (Wildman–Crippen MR) is 74.5 cm³/mol. The van der Waals surface area contributed by atoms with Crippen molar-refractivity contribution in [3.8, 4) is 0 Å². The number of thioether (sulfide) groups is 1. The number of ether oxygens (including phenoxy) is 1.